The summed E-state index contributed by atoms with van der Waals surface area (Å²) in [4.78, 5) is 13.3. The molecule has 4 nitrogen and oxygen atoms in total. The van der Waals surface area contributed by atoms with Crippen LogP contribution in [0.25, 0.3) is 0 Å². The Labute approximate surface area is 121 Å². The average molecular weight is 314 g/mol. The molecule has 1 rings (SSSR count). The van der Waals surface area contributed by atoms with Crippen LogP contribution in [-0.4, -0.2) is 54.6 Å². The molecule has 0 aromatic carbocycles. The monoisotopic (exact) mass is 314 g/mol. The standard InChI is InChI=1S/C13H22F4N2O2/c1-12(2,3)21-11(20)19-6-4-5-9(7-19)18-8-13(16,17)10(14)15/h9-10,18H,4-8H2,1-3H3. The second kappa shape index (κ2) is 6.81. The van der Waals surface area contributed by atoms with Crippen molar-refractivity contribution in [2.75, 3.05) is 19.6 Å². The minimum absolute atomic E-state index is 0.175. The zero-order valence-electron chi connectivity index (χ0n) is 12.5. The molecule has 1 aliphatic heterocycles. The van der Waals surface area contributed by atoms with Gasteiger partial charge in [0.1, 0.15) is 5.60 Å². The number of nitrogens with one attached hydrogen (secondary N) is 1. The van der Waals surface area contributed by atoms with Crippen LogP contribution in [-0.2, 0) is 4.74 Å². The van der Waals surface area contributed by atoms with E-state index in [0.29, 0.717) is 19.4 Å². The van der Waals surface area contributed by atoms with Crippen molar-refractivity contribution in [1.82, 2.24) is 10.2 Å². The molecule has 0 saturated carbocycles. The number of nitrogens with zero attached hydrogens (tertiary/aromatic N) is 1. The minimum Gasteiger partial charge on any atom is -0.444 e. The van der Waals surface area contributed by atoms with Crippen LogP contribution in [0, 0.1) is 0 Å². The summed E-state index contributed by atoms with van der Waals surface area (Å²) in [5.41, 5.74) is -0.639. The first kappa shape index (κ1) is 18.0. The molecule has 1 amide bonds. The Bertz CT molecular complexity index is 359. The highest BCUT2D eigenvalue weighted by Crippen LogP contribution is 2.22. The van der Waals surface area contributed by atoms with Crippen molar-refractivity contribution < 1.29 is 27.1 Å². The van der Waals surface area contributed by atoms with Crippen LogP contribution < -0.4 is 5.32 Å². The number of amides is 1. The summed E-state index contributed by atoms with van der Waals surface area (Å²) in [7, 11) is 0. The van der Waals surface area contributed by atoms with Gasteiger partial charge in [-0.05, 0) is 33.6 Å². The zero-order valence-corrected chi connectivity index (χ0v) is 12.5. The van der Waals surface area contributed by atoms with Crippen molar-refractivity contribution in [2.45, 2.75) is 57.6 Å². The van der Waals surface area contributed by atoms with Crippen LogP contribution in [0.1, 0.15) is 33.6 Å². The maximum absolute atomic E-state index is 12.9. The molecule has 1 heterocycles. The molecule has 0 aromatic rings. The molecule has 0 spiro atoms. The van der Waals surface area contributed by atoms with E-state index >= 15 is 0 Å². The van der Waals surface area contributed by atoms with Crippen molar-refractivity contribution in [2.24, 2.45) is 0 Å². The molecule has 0 bridgehead atoms. The summed E-state index contributed by atoms with van der Waals surface area (Å²) in [6.07, 6.45) is -3.05. The van der Waals surface area contributed by atoms with Crippen molar-refractivity contribution in [3.63, 3.8) is 0 Å². The highest BCUT2D eigenvalue weighted by atomic mass is 19.3. The van der Waals surface area contributed by atoms with Crippen molar-refractivity contribution in [3.8, 4) is 0 Å². The molecule has 1 N–H and O–H groups in total. The van der Waals surface area contributed by atoms with Gasteiger partial charge in [-0.2, -0.15) is 8.78 Å². The summed E-state index contributed by atoms with van der Waals surface area (Å²) in [5.74, 6) is -4.06. The molecule has 1 unspecified atom stereocenters. The number of likely N-dealkylation sites (tertiary alicyclic amines) is 1. The molecule has 1 atom stereocenters. The van der Waals surface area contributed by atoms with Crippen molar-refractivity contribution >= 4 is 6.09 Å². The van der Waals surface area contributed by atoms with E-state index in [4.69, 9.17) is 4.74 Å². The first-order chi connectivity index (χ1) is 9.51. The van der Waals surface area contributed by atoms with Gasteiger partial charge in [0.05, 0.1) is 6.54 Å². The number of piperidine rings is 1. The van der Waals surface area contributed by atoms with Crippen molar-refractivity contribution in [3.05, 3.63) is 0 Å². The van der Waals surface area contributed by atoms with E-state index in [1.54, 1.807) is 20.8 Å². The highest BCUT2D eigenvalue weighted by molar-refractivity contribution is 5.68. The van der Waals surface area contributed by atoms with Gasteiger partial charge in [0, 0.05) is 19.1 Å². The fourth-order valence-electron chi connectivity index (χ4n) is 1.99. The highest BCUT2D eigenvalue weighted by Gasteiger charge is 2.41. The maximum Gasteiger partial charge on any atom is 0.410 e. The third kappa shape index (κ3) is 6.07. The smallest absolute Gasteiger partial charge is 0.410 e. The number of alkyl halides is 4. The van der Waals surface area contributed by atoms with Gasteiger partial charge in [0.15, 0.2) is 0 Å². The summed E-state index contributed by atoms with van der Waals surface area (Å²) in [5, 5.41) is 2.41. The Hall–Kier alpha value is -1.05. The molecule has 21 heavy (non-hydrogen) atoms. The number of ether oxygens (including phenoxy) is 1. The molecule has 124 valence electrons. The fraction of sp³-hybridized carbons (Fsp3) is 0.923. The Morgan fingerprint density at radius 1 is 1.38 bits per heavy atom. The summed E-state index contributed by atoms with van der Waals surface area (Å²) in [6.45, 7) is 4.74. The summed E-state index contributed by atoms with van der Waals surface area (Å²) >= 11 is 0. The number of hydrogen-bond acceptors (Lipinski definition) is 3. The second-order valence-corrected chi connectivity index (χ2v) is 6.21. The quantitative estimate of drug-likeness (QED) is 0.811. The van der Waals surface area contributed by atoms with E-state index in [9.17, 15) is 22.4 Å². The first-order valence-electron chi connectivity index (χ1n) is 6.88. The van der Waals surface area contributed by atoms with Gasteiger partial charge >= 0.3 is 18.4 Å². The van der Waals surface area contributed by atoms with Crippen molar-refractivity contribution in [1.29, 1.82) is 0 Å². The molecule has 0 radical (unpaired) electrons. The largest absolute Gasteiger partial charge is 0.444 e. The molecule has 0 aromatic heterocycles. The average Bonchev–Trinajstić information content (AvgIpc) is 2.34. The summed E-state index contributed by atoms with van der Waals surface area (Å²) < 4.78 is 55.1. The third-order valence-corrected chi connectivity index (χ3v) is 3.02. The van der Waals surface area contributed by atoms with Crippen LogP contribution in [0.3, 0.4) is 0 Å². The molecule has 8 heteroatoms. The van der Waals surface area contributed by atoms with E-state index in [2.05, 4.69) is 5.32 Å². The Kier molecular flexibility index (Phi) is 5.83. The molecule has 1 saturated heterocycles. The Balaban J connectivity index is 2.47. The molecule has 0 aliphatic carbocycles. The Morgan fingerprint density at radius 3 is 2.52 bits per heavy atom. The molecule has 1 fully saturated rings. The molecule has 1 aliphatic rings. The number of hydrogen-bond donors (Lipinski definition) is 1. The normalized spacial score (nSPS) is 20.8. The topological polar surface area (TPSA) is 41.6 Å². The van der Waals surface area contributed by atoms with Crippen LogP contribution in [0.5, 0.6) is 0 Å². The van der Waals surface area contributed by atoms with Gasteiger partial charge in [0.2, 0.25) is 0 Å². The van der Waals surface area contributed by atoms with Gasteiger partial charge in [-0.15, -0.1) is 0 Å². The molecular weight excluding hydrogens is 292 g/mol. The maximum atomic E-state index is 12.9. The van der Waals surface area contributed by atoms with Crippen LogP contribution in [0.2, 0.25) is 0 Å². The lowest BCUT2D eigenvalue weighted by atomic mass is 10.1. The molecular formula is C13H22F4N2O2. The predicted molar refractivity (Wildman–Crippen MR) is 69.8 cm³/mol. The minimum atomic E-state index is -4.06. The lowest BCUT2D eigenvalue weighted by molar-refractivity contribution is -0.126. The lowest BCUT2D eigenvalue weighted by Gasteiger charge is -2.35. The van der Waals surface area contributed by atoms with E-state index < -0.39 is 36.6 Å². The summed E-state index contributed by atoms with van der Waals surface area (Å²) in [6, 6.07) is -0.434. The van der Waals surface area contributed by atoms with E-state index in [1.165, 1.54) is 4.90 Å². The number of carbonyl (C=O) groups is 1. The van der Waals surface area contributed by atoms with Crippen LogP contribution in [0.15, 0.2) is 0 Å². The Morgan fingerprint density at radius 2 is 2.00 bits per heavy atom. The SMILES string of the molecule is CC(C)(C)OC(=O)N1CCCC(NCC(F)(F)C(F)F)C1. The zero-order chi connectivity index (χ0) is 16.3. The van der Waals surface area contributed by atoms with Crippen LogP contribution in [0.4, 0.5) is 22.4 Å². The van der Waals surface area contributed by atoms with E-state index in [0.717, 1.165) is 0 Å². The van der Waals surface area contributed by atoms with Gasteiger partial charge in [-0.3, -0.25) is 0 Å². The van der Waals surface area contributed by atoms with E-state index in [-0.39, 0.29) is 6.54 Å². The van der Waals surface area contributed by atoms with Gasteiger partial charge < -0.3 is 15.0 Å². The van der Waals surface area contributed by atoms with Gasteiger partial charge in [-0.25, -0.2) is 13.6 Å². The fourth-order valence-corrected chi connectivity index (χ4v) is 1.99. The first-order valence-corrected chi connectivity index (χ1v) is 6.88. The number of rotatable bonds is 4. The number of halogens is 4. The third-order valence-electron chi connectivity index (χ3n) is 3.02. The van der Waals surface area contributed by atoms with Gasteiger partial charge in [0.25, 0.3) is 0 Å². The van der Waals surface area contributed by atoms with Gasteiger partial charge in [-0.1, -0.05) is 0 Å². The van der Waals surface area contributed by atoms with E-state index in [1.807, 2.05) is 0 Å². The second-order valence-electron chi connectivity index (χ2n) is 6.21. The van der Waals surface area contributed by atoms with Crippen LogP contribution >= 0.6 is 0 Å². The lowest BCUT2D eigenvalue weighted by Crippen LogP contribution is -2.52. The number of carbonyl (C=O) groups excluding carboxylic acids is 1. The predicted octanol–water partition coefficient (Wildman–Crippen LogP) is 2.88.